The second-order valence-corrected chi connectivity index (χ2v) is 5.76. The molecule has 0 heterocycles. The minimum Gasteiger partial charge on any atom is -0.723 e. The Bertz CT molecular complexity index is 216. The van der Waals surface area contributed by atoms with Gasteiger partial charge < -0.3 is 40.7 Å². The van der Waals surface area contributed by atoms with Crippen molar-refractivity contribution in [3.05, 3.63) is 0 Å². The van der Waals surface area contributed by atoms with Gasteiger partial charge in [0.1, 0.15) is 0 Å². The van der Waals surface area contributed by atoms with E-state index in [0.29, 0.717) is 12.8 Å². The average molecular weight is 562 g/mol. The summed E-state index contributed by atoms with van der Waals surface area (Å²) in [6.45, 7) is 3.27. The molecular formula is C16H34O8Pb. The van der Waals surface area contributed by atoms with Crippen molar-refractivity contribution >= 4 is 27.3 Å². The summed E-state index contributed by atoms with van der Waals surface area (Å²) in [5, 5.41) is 55.5. The molecule has 0 aromatic rings. The van der Waals surface area contributed by atoms with Crippen LogP contribution in [0.15, 0.2) is 0 Å². The second-order valence-electron chi connectivity index (χ2n) is 5.76. The first-order chi connectivity index (χ1) is 11.5. The van der Waals surface area contributed by atoms with Crippen molar-refractivity contribution in [2.75, 3.05) is 13.2 Å². The van der Waals surface area contributed by atoms with E-state index in [4.69, 9.17) is 10.2 Å². The van der Waals surface area contributed by atoms with E-state index in [1.165, 1.54) is 0 Å². The molecule has 0 aromatic carbocycles. The van der Waals surface area contributed by atoms with Gasteiger partial charge in [-0.05, 0) is 12.8 Å². The molecule has 0 aliphatic heterocycles. The fourth-order valence-electron chi connectivity index (χ4n) is 2.01. The molecule has 0 saturated heterocycles. The minimum atomic E-state index is -0.971. The summed E-state index contributed by atoms with van der Waals surface area (Å²) >= 11 is 0. The van der Waals surface area contributed by atoms with E-state index in [2.05, 4.69) is 23.6 Å². The number of hydrogen-bond acceptors (Lipinski definition) is 8. The molecule has 0 fully saturated rings. The second kappa shape index (κ2) is 22.6. The van der Waals surface area contributed by atoms with Crippen molar-refractivity contribution in [3.63, 3.8) is 0 Å². The third-order valence-electron chi connectivity index (χ3n) is 3.67. The number of aliphatic hydroxyl groups excluding tert-OH is 4. The Morgan fingerprint density at radius 2 is 1.04 bits per heavy atom. The first-order valence-corrected chi connectivity index (χ1v) is 8.67. The molecule has 0 aliphatic carbocycles. The van der Waals surface area contributed by atoms with E-state index in [9.17, 15) is 20.7 Å². The quantitative estimate of drug-likeness (QED) is 0.0894. The van der Waals surface area contributed by atoms with Crippen LogP contribution in [0.3, 0.4) is 0 Å². The molecule has 0 aromatic heterocycles. The van der Waals surface area contributed by atoms with Gasteiger partial charge in [0.2, 0.25) is 0 Å². The van der Waals surface area contributed by atoms with Crippen LogP contribution in [0.2, 0.25) is 0 Å². The SMILES string of the molecule is CCCCCC(O)[C@H](CO)O[O-].CCCCCC(O)[C@H](CO)O[O-].[Pb+2]. The van der Waals surface area contributed by atoms with Crippen LogP contribution >= 0.6 is 0 Å². The molecule has 0 bridgehead atoms. The molecule has 0 spiro atoms. The molecule has 0 rings (SSSR count). The number of unbranched alkanes of at least 4 members (excludes halogenated alkanes) is 4. The van der Waals surface area contributed by atoms with Gasteiger partial charge in [-0.3, -0.25) is 0 Å². The van der Waals surface area contributed by atoms with Crippen LogP contribution in [0.4, 0.5) is 0 Å². The smallest absolute Gasteiger partial charge is 0.723 e. The minimum absolute atomic E-state index is 0. The van der Waals surface area contributed by atoms with Gasteiger partial charge in [-0.15, -0.1) is 0 Å². The first kappa shape index (κ1) is 30.3. The Morgan fingerprint density at radius 3 is 1.24 bits per heavy atom. The Kier molecular flexibility index (Phi) is 27.5. The summed E-state index contributed by atoms with van der Waals surface area (Å²) < 4.78 is 0. The van der Waals surface area contributed by atoms with Crippen molar-refractivity contribution in [2.45, 2.75) is 89.6 Å². The standard InChI is InChI=1S/2C8H18O4.Pb/c2*1-2-3-4-5-7(10)8(6-9)12-11;/h2*7-11H,2-6H2,1H3;/q;;+2/p-2/t2*7?,8-;/m00./s1. The van der Waals surface area contributed by atoms with Crippen LogP contribution in [0.1, 0.15) is 65.2 Å². The van der Waals surface area contributed by atoms with Crippen LogP contribution in [0.5, 0.6) is 0 Å². The van der Waals surface area contributed by atoms with Crippen molar-refractivity contribution in [3.8, 4) is 0 Å². The van der Waals surface area contributed by atoms with Gasteiger partial charge in [0.25, 0.3) is 0 Å². The zero-order chi connectivity index (χ0) is 18.8. The molecule has 8 nitrogen and oxygen atoms in total. The van der Waals surface area contributed by atoms with Gasteiger partial charge >= 0.3 is 27.3 Å². The maximum absolute atomic E-state index is 9.92. The van der Waals surface area contributed by atoms with Crippen LogP contribution in [0, 0.1) is 0 Å². The summed E-state index contributed by atoms with van der Waals surface area (Å²) in [5.74, 6) is 0. The number of rotatable bonds is 14. The summed E-state index contributed by atoms with van der Waals surface area (Å²) in [5.41, 5.74) is 0. The normalized spacial score (nSPS) is 15.4. The molecule has 25 heavy (non-hydrogen) atoms. The van der Waals surface area contributed by atoms with Crippen molar-refractivity contribution in [1.29, 1.82) is 0 Å². The number of aliphatic hydroxyl groups is 4. The van der Waals surface area contributed by atoms with E-state index in [0.717, 1.165) is 38.5 Å². The van der Waals surface area contributed by atoms with Gasteiger partial charge in [0, 0.05) is 0 Å². The van der Waals surface area contributed by atoms with Gasteiger partial charge in [-0.1, -0.05) is 52.4 Å². The molecular weight excluding hydrogens is 527 g/mol. The Balaban J connectivity index is -0.000000372. The maximum Gasteiger partial charge on any atom is 2.00 e. The first-order valence-electron chi connectivity index (χ1n) is 8.67. The van der Waals surface area contributed by atoms with E-state index >= 15 is 0 Å². The monoisotopic (exact) mass is 562 g/mol. The van der Waals surface area contributed by atoms with Crippen LogP contribution in [-0.2, 0) is 9.78 Å². The molecule has 150 valence electrons. The Hall–Kier alpha value is 0.602. The molecule has 2 unspecified atom stereocenters. The fourth-order valence-corrected chi connectivity index (χ4v) is 2.01. The topological polar surface area (TPSA) is 146 Å². The predicted octanol–water partition coefficient (Wildman–Crippen LogP) is -1.22. The Labute approximate surface area is 170 Å². The van der Waals surface area contributed by atoms with Crippen molar-refractivity contribution in [1.82, 2.24) is 0 Å². The van der Waals surface area contributed by atoms with Gasteiger partial charge in [-0.2, -0.15) is 0 Å². The molecule has 2 radical (unpaired) electrons. The average Bonchev–Trinajstić information content (AvgIpc) is 2.58. The van der Waals surface area contributed by atoms with Crippen LogP contribution < -0.4 is 10.5 Å². The molecule has 4 N–H and O–H groups in total. The molecule has 4 atom stereocenters. The molecule has 9 heteroatoms. The van der Waals surface area contributed by atoms with Crippen molar-refractivity contribution in [2.24, 2.45) is 0 Å². The van der Waals surface area contributed by atoms with E-state index in [1.807, 2.05) is 0 Å². The summed E-state index contributed by atoms with van der Waals surface area (Å²) in [4.78, 5) is 7.28. The third-order valence-corrected chi connectivity index (χ3v) is 3.67. The third kappa shape index (κ3) is 17.8. The number of hydrogen-bond donors (Lipinski definition) is 4. The van der Waals surface area contributed by atoms with E-state index in [1.54, 1.807) is 0 Å². The molecule has 0 saturated carbocycles. The maximum atomic E-state index is 9.92. The van der Waals surface area contributed by atoms with Gasteiger partial charge in [-0.25, -0.2) is 0 Å². The van der Waals surface area contributed by atoms with E-state index < -0.39 is 37.6 Å². The van der Waals surface area contributed by atoms with Crippen LogP contribution in [-0.4, -0.2) is 85.4 Å². The van der Waals surface area contributed by atoms with Gasteiger partial charge in [0.15, 0.2) is 0 Å². The van der Waals surface area contributed by atoms with E-state index in [-0.39, 0.29) is 27.3 Å². The van der Waals surface area contributed by atoms with Gasteiger partial charge in [0.05, 0.1) is 37.6 Å². The molecule has 0 aliphatic rings. The predicted molar refractivity (Wildman–Crippen MR) is 90.0 cm³/mol. The largest absolute Gasteiger partial charge is 2.00 e. The molecule has 0 amide bonds. The zero-order valence-electron chi connectivity index (χ0n) is 15.3. The summed E-state index contributed by atoms with van der Waals surface area (Å²) in [6.07, 6.45) is 3.31. The zero-order valence-corrected chi connectivity index (χ0v) is 19.2. The summed E-state index contributed by atoms with van der Waals surface area (Å²) in [6, 6.07) is 0. The Morgan fingerprint density at radius 1 is 0.720 bits per heavy atom. The van der Waals surface area contributed by atoms with Crippen LogP contribution in [0.25, 0.3) is 0 Å². The van der Waals surface area contributed by atoms with Crippen molar-refractivity contribution < 1.29 is 40.7 Å². The fraction of sp³-hybridized carbons (Fsp3) is 1.00. The summed E-state index contributed by atoms with van der Waals surface area (Å²) in [7, 11) is 0.